The van der Waals surface area contributed by atoms with E-state index >= 15 is 0 Å². The molecule has 0 aliphatic rings. The number of carbonyl (C=O) groups is 1. The molecule has 0 saturated heterocycles. The average molecular weight is 245 g/mol. The van der Waals surface area contributed by atoms with Gasteiger partial charge in [-0.15, -0.1) is 0 Å². The van der Waals surface area contributed by atoms with Gasteiger partial charge in [0, 0.05) is 18.4 Å². The normalized spacial score (nSPS) is 9.28. The fourth-order valence-electron chi connectivity index (χ4n) is 1.60. The SMILES string of the molecule is CC.Cc1cn(Cc2cccc(NC=O)c2)cn1. The van der Waals surface area contributed by atoms with Gasteiger partial charge in [0.25, 0.3) is 0 Å². The second-order valence-electron chi connectivity index (χ2n) is 3.65. The fraction of sp³-hybridized carbons (Fsp3) is 0.286. The molecule has 1 heterocycles. The number of rotatable bonds is 4. The lowest BCUT2D eigenvalue weighted by molar-refractivity contribution is -0.105. The predicted octanol–water partition coefficient (Wildman–Crippen LogP) is 2.83. The lowest BCUT2D eigenvalue weighted by atomic mass is 10.2. The van der Waals surface area contributed by atoms with E-state index in [1.165, 1.54) is 0 Å². The first kappa shape index (κ1) is 14.0. The van der Waals surface area contributed by atoms with Crippen molar-refractivity contribution in [3.8, 4) is 0 Å². The van der Waals surface area contributed by atoms with Crippen LogP contribution in [0.4, 0.5) is 5.69 Å². The van der Waals surface area contributed by atoms with Crippen LogP contribution in [0.15, 0.2) is 36.8 Å². The van der Waals surface area contributed by atoms with Crippen molar-refractivity contribution in [2.24, 2.45) is 0 Å². The molecule has 18 heavy (non-hydrogen) atoms. The Labute approximate surface area is 108 Å². The molecule has 2 rings (SSSR count). The Bertz CT molecular complexity index is 491. The predicted molar refractivity (Wildman–Crippen MR) is 73.5 cm³/mol. The Balaban J connectivity index is 0.000000771. The fourth-order valence-corrected chi connectivity index (χ4v) is 1.60. The summed E-state index contributed by atoms with van der Waals surface area (Å²) in [5.74, 6) is 0. The highest BCUT2D eigenvalue weighted by atomic mass is 16.1. The molecule has 1 aromatic carbocycles. The van der Waals surface area contributed by atoms with Crippen LogP contribution in [0.3, 0.4) is 0 Å². The van der Waals surface area contributed by atoms with Crippen molar-refractivity contribution in [2.75, 3.05) is 5.32 Å². The molecule has 0 radical (unpaired) electrons. The van der Waals surface area contributed by atoms with Gasteiger partial charge in [-0.1, -0.05) is 26.0 Å². The van der Waals surface area contributed by atoms with E-state index in [4.69, 9.17) is 0 Å². The molecule has 1 amide bonds. The van der Waals surface area contributed by atoms with Crippen molar-refractivity contribution in [1.29, 1.82) is 0 Å². The quantitative estimate of drug-likeness (QED) is 0.842. The van der Waals surface area contributed by atoms with Crippen LogP contribution in [0.5, 0.6) is 0 Å². The minimum atomic E-state index is 0.681. The van der Waals surface area contributed by atoms with Crippen LogP contribution in [0.25, 0.3) is 0 Å². The van der Waals surface area contributed by atoms with Crippen LogP contribution in [-0.2, 0) is 11.3 Å². The molecular weight excluding hydrogens is 226 g/mol. The van der Waals surface area contributed by atoms with Crippen molar-refractivity contribution in [1.82, 2.24) is 9.55 Å². The summed E-state index contributed by atoms with van der Waals surface area (Å²) >= 11 is 0. The van der Waals surface area contributed by atoms with Gasteiger partial charge in [0.1, 0.15) is 0 Å². The van der Waals surface area contributed by atoms with Crippen LogP contribution in [-0.4, -0.2) is 16.0 Å². The zero-order valence-electron chi connectivity index (χ0n) is 11.1. The van der Waals surface area contributed by atoms with Gasteiger partial charge in [0.2, 0.25) is 6.41 Å². The van der Waals surface area contributed by atoms with Gasteiger partial charge in [-0.3, -0.25) is 4.79 Å². The van der Waals surface area contributed by atoms with Gasteiger partial charge in [0.05, 0.1) is 12.0 Å². The Kier molecular flexibility index (Phi) is 5.64. The second-order valence-corrected chi connectivity index (χ2v) is 3.65. The maximum absolute atomic E-state index is 10.3. The van der Waals surface area contributed by atoms with E-state index in [0.29, 0.717) is 6.41 Å². The number of carbonyl (C=O) groups excluding carboxylic acids is 1. The number of anilines is 1. The maximum Gasteiger partial charge on any atom is 0.211 e. The van der Waals surface area contributed by atoms with E-state index in [0.717, 1.165) is 23.5 Å². The zero-order valence-corrected chi connectivity index (χ0v) is 11.1. The zero-order chi connectivity index (χ0) is 13.4. The van der Waals surface area contributed by atoms with Crippen LogP contribution >= 0.6 is 0 Å². The summed E-state index contributed by atoms with van der Waals surface area (Å²) in [6, 6.07) is 7.75. The summed E-state index contributed by atoms with van der Waals surface area (Å²) in [7, 11) is 0. The highest BCUT2D eigenvalue weighted by Gasteiger charge is 1.97. The first-order chi connectivity index (χ1) is 8.78. The maximum atomic E-state index is 10.3. The summed E-state index contributed by atoms with van der Waals surface area (Å²) in [6.07, 6.45) is 4.47. The van der Waals surface area contributed by atoms with E-state index < -0.39 is 0 Å². The summed E-state index contributed by atoms with van der Waals surface area (Å²) < 4.78 is 2.01. The Morgan fingerprint density at radius 3 is 2.78 bits per heavy atom. The molecule has 0 bridgehead atoms. The van der Waals surface area contributed by atoms with E-state index in [9.17, 15) is 4.79 Å². The number of hydrogen-bond acceptors (Lipinski definition) is 2. The third-order valence-electron chi connectivity index (χ3n) is 2.28. The van der Waals surface area contributed by atoms with E-state index in [-0.39, 0.29) is 0 Å². The highest BCUT2D eigenvalue weighted by Crippen LogP contribution is 2.11. The van der Waals surface area contributed by atoms with Gasteiger partial charge < -0.3 is 9.88 Å². The molecule has 4 nitrogen and oxygen atoms in total. The minimum absolute atomic E-state index is 0.681. The lowest BCUT2D eigenvalue weighted by Crippen LogP contribution is -1.98. The van der Waals surface area contributed by atoms with E-state index in [1.807, 2.05) is 55.8 Å². The van der Waals surface area contributed by atoms with Crippen molar-refractivity contribution in [3.63, 3.8) is 0 Å². The molecule has 1 N–H and O–H groups in total. The first-order valence-corrected chi connectivity index (χ1v) is 6.05. The van der Waals surface area contributed by atoms with Gasteiger partial charge in [-0.05, 0) is 24.6 Å². The molecule has 0 fully saturated rings. The Morgan fingerprint density at radius 1 is 1.39 bits per heavy atom. The summed E-state index contributed by atoms with van der Waals surface area (Å²) in [5, 5.41) is 2.63. The average Bonchev–Trinajstić information content (AvgIpc) is 2.78. The summed E-state index contributed by atoms with van der Waals surface area (Å²) in [5.41, 5.74) is 2.94. The number of nitrogens with zero attached hydrogens (tertiary/aromatic N) is 2. The molecule has 0 atom stereocenters. The summed E-state index contributed by atoms with van der Waals surface area (Å²) in [4.78, 5) is 14.5. The van der Waals surface area contributed by atoms with Gasteiger partial charge in [-0.25, -0.2) is 4.98 Å². The Hall–Kier alpha value is -2.10. The van der Waals surface area contributed by atoms with Gasteiger partial charge >= 0.3 is 0 Å². The molecule has 0 aliphatic heterocycles. The molecule has 0 unspecified atom stereocenters. The van der Waals surface area contributed by atoms with Crippen molar-refractivity contribution < 1.29 is 4.79 Å². The molecule has 0 aliphatic carbocycles. The molecule has 0 saturated carbocycles. The second kappa shape index (κ2) is 7.27. The number of benzene rings is 1. The van der Waals surface area contributed by atoms with Gasteiger partial charge in [-0.2, -0.15) is 0 Å². The molecular formula is C14H19N3O. The van der Waals surface area contributed by atoms with Crippen molar-refractivity contribution in [2.45, 2.75) is 27.3 Å². The largest absolute Gasteiger partial charge is 0.333 e. The number of amides is 1. The minimum Gasteiger partial charge on any atom is -0.333 e. The summed E-state index contributed by atoms with van der Waals surface area (Å²) in [6.45, 7) is 6.72. The highest BCUT2D eigenvalue weighted by molar-refractivity contribution is 5.71. The molecule has 4 heteroatoms. The molecule has 2 aromatic rings. The number of hydrogen-bond donors (Lipinski definition) is 1. The van der Waals surface area contributed by atoms with E-state index in [2.05, 4.69) is 10.3 Å². The number of nitrogens with one attached hydrogen (secondary N) is 1. The van der Waals surface area contributed by atoms with Crippen molar-refractivity contribution in [3.05, 3.63) is 48.0 Å². The number of aromatic nitrogens is 2. The third kappa shape index (κ3) is 4.05. The topological polar surface area (TPSA) is 46.9 Å². The van der Waals surface area contributed by atoms with Crippen LogP contribution in [0.2, 0.25) is 0 Å². The Morgan fingerprint density at radius 2 is 2.17 bits per heavy atom. The van der Waals surface area contributed by atoms with Crippen LogP contribution in [0.1, 0.15) is 25.1 Å². The molecule has 96 valence electrons. The third-order valence-corrected chi connectivity index (χ3v) is 2.28. The monoisotopic (exact) mass is 245 g/mol. The van der Waals surface area contributed by atoms with Crippen molar-refractivity contribution >= 4 is 12.1 Å². The van der Waals surface area contributed by atoms with Crippen LogP contribution in [0, 0.1) is 6.92 Å². The molecule has 0 spiro atoms. The van der Waals surface area contributed by atoms with E-state index in [1.54, 1.807) is 6.33 Å². The number of aryl methyl sites for hydroxylation is 1. The van der Waals surface area contributed by atoms with Crippen LogP contribution < -0.4 is 5.32 Å². The molecule has 1 aromatic heterocycles. The standard InChI is InChI=1S/C12H13N3O.C2H6/c1-10-6-15(8-13-10)7-11-3-2-4-12(5-11)14-9-16;1-2/h2-6,8-9H,7H2,1H3,(H,14,16);1-2H3. The first-order valence-electron chi connectivity index (χ1n) is 6.05. The van der Waals surface area contributed by atoms with Gasteiger partial charge in [0.15, 0.2) is 0 Å². The lowest BCUT2D eigenvalue weighted by Gasteiger charge is -2.04. The number of imidazole rings is 1. The smallest absolute Gasteiger partial charge is 0.211 e.